The first-order valence-corrected chi connectivity index (χ1v) is 4.58. The van der Waals surface area contributed by atoms with Crippen molar-refractivity contribution < 1.29 is 19.8 Å². The zero-order chi connectivity index (χ0) is 11.3. The summed E-state index contributed by atoms with van der Waals surface area (Å²) < 4.78 is 0. The Hall–Kier alpha value is -1.85. The largest absolute Gasteiger partial charge is 0.473 e. The monoisotopic (exact) mass is 212 g/mol. The lowest BCUT2D eigenvalue weighted by Gasteiger charge is -2.07. The number of aromatic amines is 1. The summed E-state index contributed by atoms with van der Waals surface area (Å²) in [5.41, 5.74) is 2.79. The van der Waals surface area contributed by atoms with Gasteiger partial charge in [-0.25, -0.2) is 9.59 Å². The Morgan fingerprint density at radius 3 is 2.33 bits per heavy atom. The van der Waals surface area contributed by atoms with Crippen molar-refractivity contribution in [2.45, 2.75) is 25.7 Å². The molecule has 15 heavy (non-hydrogen) atoms. The molecule has 6 nitrogen and oxygen atoms in total. The van der Waals surface area contributed by atoms with Crippen molar-refractivity contribution in [1.82, 2.24) is 10.2 Å². The van der Waals surface area contributed by atoms with E-state index in [4.69, 9.17) is 19.8 Å². The summed E-state index contributed by atoms with van der Waals surface area (Å²) in [4.78, 5) is 18.2. The van der Waals surface area contributed by atoms with Gasteiger partial charge in [0.1, 0.15) is 0 Å². The normalized spacial score (nSPS) is 13.3. The van der Waals surface area contributed by atoms with Crippen LogP contribution in [0, 0.1) is 0 Å². The van der Waals surface area contributed by atoms with Crippen molar-refractivity contribution in [2.75, 3.05) is 0 Å². The Kier molecular flexibility index (Phi) is 3.84. The standard InChI is InChI=1S/C7H10N2.C2H2O4/c1-2-4-7-6(3-1)5-8-9-7;3-1(4)2(5)6/h5H,1-4H2,(H,8,9);(H,3,4)(H,5,6). The van der Waals surface area contributed by atoms with Crippen LogP contribution in [-0.2, 0) is 22.4 Å². The summed E-state index contributed by atoms with van der Waals surface area (Å²) >= 11 is 0. The molecule has 1 aromatic heterocycles. The predicted molar refractivity (Wildman–Crippen MR) is 50.5 cm³/mol. The van der Waals surface area contributed by atoms with Crippen LogP contribution in [0.5, 0.6) is 0 Å². The van der Waals surface area contributed by atoms with E-state index in [1.165, 1.54) is 36.9 Å². The molecule has 0 saturated carbocycles. The quantitative estimate of drug-likeness (QED) is 0.541. The lowest BCUT2D eigenvalue weighted by molar-refractivity contribution is -0.159. The molecule has 1 aromatic rings. The molecule has 6 heteroatoms. The van der Waals surface area contributed by atoms with Crippen LogP contribution in [0.2, 0.25) is 0 Å². The number of carbonyl (C=O) groups is 2. The second kappa shape index (κ2) is 5.14. The third kappa shape index (κ3) is 3.41. The highest BCUT2D eigenvalue weighted by atomic mass is 16.4. The predicted octanol–water partition coefficient (Wildman–Crippen LogP) is 0.444. The number of aryl methyl sites for hydroxylation is 2. The molecule has 0 aromatic carbocycles. The fourth-order valence-electron chi connectivity index (χ4n) is 1.39. The van der Waals surface area contributed by atoms with Gasteiger partial charge in [-0.15, -0.1) is 0 Å². The molecule has 3 N–H and O–H groups in total. The van der Waals surface area contributed by atoms with Gasteiger partial charge in [-0.2, -0.15) is 5.10 Å². The minimum atomic E-state index is -1.82. The number of aromatic nitrogens is 2. The maximum absolute atomic E-state index is 9.10. The first-order valence-electron chi connectivity index (χ1n) is 4.58. The Labute approximate surface area is 85.9 Å². The Balaban J connectivity index is 0.000000167. The van der Waals surface area contributed by atoms with Crippen molar-refractivity contribution in [3.05, 3.63) is 17.5 Å². The molecule has 0 aliphatic heterocycles. The third-order valence-electron chi connectivity index (χ3n) is 2.11. The van der Waals surface area contributed by atoms with E-state index in [-0.39, 0.29) is 0 Å². The molecule has 82 valence electrons. The van der Waals surface area contributed by atoms with E-state index in [0.29, 0.717) is 0 Å². The van der Waals surface area contributed by atoms with E-state index in [0.717, 1.165) is 0 Å². The topological polar surface area (TPSA) is 103 Å². The molecular weight excluding hydrogens is 200 g/mol. The lowest BCUT2D eigenvalue weighted by Crippen LogP contribution is -2.09. The molecule has 0 fully saturated rings. The van der Waals surface area contributed by atoms with E-state index in [1.807, 2.05) is 6.20 Å². The number of H-pyrrole nitrogens is 1. The molecule has 0 unspecified atom stereocenters. The maximum atomic E-state index is 9.10. The van der Waals surface area contributed by atoms with Crippen LogP contribution in [0.15, 0.2) is 6.20 Å². The van der Waals surface area contributed by atoms with Crippen LogP contribution in [0.3, 0.4) is 0 Å². The first kappa shape index (κ1) is 11.2. The van der Waals surface area contributed by atoms with E-state index in [1.54, 1.807) is 0 Å². The fraction of sp³-hybridized carbons (Fsp3) is 0.444. The van der Waals surface area contributed by atoms with Crippen LogP contribution in [-0.4, -0.2) is 32.3 Å². The summed E-state index contributed by atoms with van der Waals surface area (Å²) in [6, 6.07) is 0. The molecule has 1 aliphatic rings. The highest BCUT2D eigenvalue weighted by Gasteiger charge is 2.08. The molecule has 1 heterocycles. The molecule has 0 amide bonds. The molecule has 0 radical (unpaired) electrons. The summed E-state index contributed by atoms with van der Waals surface area (Å²) in [7, 11) is 0. The number of hydrogen-bond acceptors (Lipinski definition) is 3. The van der Waals surface area contributed by atoms with E-state index in [9.17, 15) is 0 Å². The summed E-state index contributed by atoms with van der Waals surface area (Å²) in [6.07, 6.45) is 7.05. The van der Waals surface area contributed by atoms with Gasteiger partial charge in [0.15, 0.2) is 0 Å². The van der Waals surface area contributed by atoms with E-state index >= 15 is 0 Å². The van der Waals surface area contributed by atoms with E-state index < -0.39 is 11.9 Å². The SMILES string of the molecule is O=C(O)C(=O)O.c1n[nH]c2c1CCCC2. The van der Waals surface area contributed by atoms with Crippen molar-refractivity contribution in [3.8, 4) is 0 Å². The molecular formula is C9H12N2O4. The smallest absolute Gasteiger partial charge is 0.414 e. The fourth-order valence-corrected chi connectivity index (χ4v) is 1.39. The number of carboxylic acids is 2. The highest BCUT2D eigenvalue weighted by molar-refractivity contribution is 6.27. The van der Waals surface area contributed by atoms with E-state index in [2.05, 4.69) is 10.2 Å². The molecule has 1 aliphatic carbocycles. The summed E-state index contributed by atoms with van der Waals surface area (Å²) in [5.74, 6) is -3.65. The first-order chi connectivity index (χ1) is 7.11. The Morgan fingerprint density at radius 2 is 1.80 bits per heavy atom. The van der Waals surface area contributed by atoms with Gasteiger partial charge in [0.25, 0.3) is 0 Å². The number of hydrogen-bond donors (Lipinski definition) is 3. The average molecular weight is 212 g/mol. The Bertz CT molecular complexity index is 326. The van der Waals surface area contributed by atoms with Crippen molar-refractivity contribution in [1.29, 1.82) is 0 Å². The molecule has 0 spiro atoms. The number of carboxylic acid groups (broad SMARTS) is 2. The number of rotatable bonds is 0. The molecule has 0 atom stereocenters. The van der Waals surface area contributed by atoms with Crippen LogP contribution >= 0.6 is 0 Å². The van der Waals surface area contributed by atoms with Crippen molar-refractivity contribution >= 4 is 11.9 Å². The van der Waals surface area contributed by atoms with Crippen LogP contribution < -0.4 is 0 Å². The van der Waals surface area contributed by atoms with Crippen LogP contribution in [0.4, 0.5) is 0 Å². The number of aliphatic carboxylic acids is 2. The molecule has 0 saturated heterocycles. The van der Waals surface area contributed by atoms with Gasteiger partial charge >= 0.3 is 11.9 Å². The second-order valence-corrected chi connectivity index (χ2v) is 3.19. The van der Waals surface area contributed by atoms with Gasteiger partial charge in [0.05, 0.1) is 6.20 Å². The lowest BCUT2D eigenvalue weighted by atomic mass is 9.99. The zero-order valence-corrected chi connectivity index (χ0v) is 8.06. The van der Waals surface area contributed by atoms with Crippen LogP contribution in [0.1, 0.15) is 24.1 Å². The zero-order valence-electron chi connectivity index (χ0n) is 8.06. The van der Waals surface area contributed by atoms with Gasteiger partial charge < -0.3 is 10.2 Å². The summed E-state index contributed by atoms with van der Waals surface area (Å²) in [6.45, 7) is 0. The van der Waals surface area contributed by atoms with Gasteiger partial charge in [-0.3, -0.25) is 5.10 Å². The van der Waals surface area contributed by atoms with Gasteiger partial charge in [-0.1, -0.05) is 0 Å². The molecule has 2 rings (SSSR count). The average Bonchev–Trinajstić information content (AvgIpc) is 2.66. The third-order valence-corrected chi connectivity index (χ3v) is 2.11. The second-order valence-electron chi connectivity index (χ2n) is 3.19. The van der Waals surface area contributed by atoms with Crippen molar-refractivity contribution in [3.63, 3.8) is 0 Å². The van der Waals surface area contributed by atoms with Crippen molar-refractivity contribution in [2.24, 2.45) is 0 Å². The number of fused-ring (bicyclic) bond motifs is 1. The van der Waals surface area contributed by atoms with Crippen LogP contribution in [0.25, 0.3) is 0 Å². The number of nitrogens with zero attached hydrogens (tertiary/aromatic N) is 1. The minimum absolute atomic E-state index is 1.20. The Morgan fingerprint density at radius 1 is 1.20 bits per heavy atom. The number of nitrogens with one attached hydrogen (secondary N) is 1. The molecule has 0 bridgehead atoms. The van der Waals surface area contributed by atoms with Gasteiger partial charge in [-0.05, 0) is 31.2 Å². The highest BCUT2D eigenvalue weighted by Crippen LogP contribution is 2.17. The summed E-state index contributed by atoms with van der Waals surface area (Å²) in [5, 5.41) is 21.8. The van der Waals surface area contributed by atoms with Gasteiger partial charge in [0, 0.05) is 5.69 Å². The maximum Gasteiger partial charge on any atom is 0.414 e. The van der Waals surface area contributed by atoms with Gasteiger partial charge in [0.2, 0.25) is 0 Å². The minimum Gasteiger partial charge on any atom is -0.473 e.